The third kappa shape index (κ3) is 4.80. The Morgan fingerprint density at radius 1 is 1.08 bits per heavy atom. The summed E-state index contributed by atoms with van der Waals surface area (Å²) in [6.45, 7) is 0.840. The molecular weight excluding hydrogens is 296 g/mol. The van der Waals surface area contributed by atoms with E-state index in [1.165, 1.54) is 38.5 Å². The Bertz CT molecular complexity index is 128. The van der Waals surface area contributed by atoms with Gasteiger partial charge >= 0.3 is 0 Å². The maximum atomic E-state index is 5.79. The number of hydrogen-bond donors (Lipinski definition) is 0. The zero-order chi connectivity index (χ0) is 9.52. The van der Waals surface area contributed by atoms with E-state index in [1.54, 1.807) is 0 Å². The maximum Gasteiger partial charge on any atom is 0.0700 e. The van der Waals surface area contributed by atoms with Gasteiger partial charge in [-0.1, -0.05) is 57.5 Å². The summed E-state index contributed by atoms with van der Waals surface area (Å²) >= 11 is 7.12. The number of alkyl halides is 2. The van der Waals surface area contributed by atoms with Crippen LogP contribution in [0, 0.1) is 0 Å². The van der Waals surface area contributed by atoms with E-state index in [9.17, 15) is 0 Å². The highest BCUT2D eigenvalue weighted by Gasteiger charge is 2.20. The van der Waals surface area contributed by atoms with Gasteiger partial charge in [-0.15, -0.1) is 0 Å². The highest BCUT2D eigenvalue weighted by molar-refractivity contribution is 9.09. The van der Waals surface area contributed by atoms with Crippen molar-refractivity contribution in [2.24, 2.45) is 0 Å². The highest BCUT2D eigenvalue weighted by atomic mass is 79.9. The van der Waals surface area contributed by atoms with Crippen LogP contribution < -0.4 is 0 Å². The van der Waals surface area contributed by atoms with Crippen LogP contribution in [-0.2, 0) is 4.74 Å². The Kier molecular flexibility index (Phi) is 6.68. The summed E-state index contributed by atoms with van der Waals surface area (Å²) in [5.41, 5.74) is 0. The normalized spacial score (nSPS) is 30.9. The lowest BCUT2D eigenvalue weighted by Crippen LogP contribution is -2.26. The van der Waals surface area contributed by atoms with E-state index in [4.69, 9.17) is 4.74 Å². The molecule has 0 spiro atoms. The summed E-state index contributed by atoms with van der Waals surface area (Å²) < 4.78 is 5.79. The Morgan fingerprint density at radius 3 is 2.46 bits per heavy atom. The molecule has 0 N–H and O–H groups in total. The van der Waals surface area contributed by atoms with Gasteiger partial charge in [0.15, 0.2) is 0 Å². The smallest absolute Gasteiger partial charge is 0.0700 e. The molecular formula is C10H18Br2O. The van der Waals surface area contributed by atoms with Gasteiger partial charge in [0.05, 0.1) is 12.7 Å². The lowest BCUT2D eigenvalue weighted by Gasteiger charge is -2.25. The monoisotopic (exact) mass is 312 g/mol. The molecule has 0 saturated heterocycles. The third-order valence-electron chi connectivity index (χ3n) is 2.53. The summed E-state index contributed by atoms with van der Waals surface area (Å²) in [5.74, 6) is 0. The van der Waals surface area contributed by atoms with Crippen molar-refractivity contribution in [3.63, 3.8) is 0 Å². The molecule has 0 aliphatic heterocycles. The molecule has 0 bridgehead atoms. The van der Waals surface area contributed by atoms with Crippen LogP contribution >= 0.6 is 31.9 Å². The Labute approximate surface area is 97.9 Å². The first-order valence-electron chi connectivity index (χ1n) is 5.16. The van der Waals surface area contributed by atoms with E-state index < -0.39 is 0 Å². The van der Waals surface area contributed by atoms with Crippen molar-refractivity contribution < 1.29 is 4.74 Å². The van der Waals surface area contributed by atoms with Crippen LogP contribution in [0.2, 0.25) is 0 Å². The lowest BCUT2D eigenvalue weighted by molar-refractivity contribution is 0.0522. The van der Waals surface area contributed by atoms with Gasteiger partial charge in [-0.25, -0.2) is 0 Å². The first-order valence-corrected chi connectivity index (χ1v) is 7.20. The lowest BCUT2D eigenvalue weighted by atomic mass is 9.98. The Morgan fingerprint density at radius 2 is 1.77 bits per heavy atom. The van der Waals surface area contributed by atoms with Gasteiger partial charge in [0.2, 0.25) is 0 Å². The van der Waals surface area contributed by atoms with Crippen LogP contribution in [0.25, 0.3) is 0 Å². The molecule has 0 unspecified atom stereocenters. The summed E-state index contributed by atoms with van der Waals surface area (Å²) in [5, 5.41) is 0.948. The molecule has 1 nitrogen and oxygen atoms in total. The van der Waals surface area contributed by atoms with E-state index in [-0.39, 0.29) is 0 Å². The quantitative estimate of drug-likeness (QED) is 0.718. The van der Waals surface area contributed by atoms with Crippen molar-refractivity contribution in [2.75, 3.05) is 11.9 Å². The summed E-state index contributed by atoms with van der Waals surface area (Å²) in [4.78, 5) is 0.576. The summed E-state index contributed by atoms with van der Waals surface area (Å²) in [7, 11) is 0. The van der Waals surface area contributed by atoms with Crippen molar-refractivity contribution in [3.05, 3.63) is 0 Å². The molecule has 0 aromatic heterocycles. The van der Waals surface area contributed by atoms with Crippen LogP contribution in [0.5, 0.6) is 0 Å². The maximum absolute atomic E-state index is 5.79. The minimum absolute atomic E-state index is 0.442. The van der Waals surface area contributed by atoms with Crippen molar-refractivity contribution >= 4 is 31.9 Å². The molecule has 1 aliphatic carbocycles. The average Bonchev–Trinajstić information content (AvgIpc) is 2.11. The average molecular weight is 314 g/mol. The second-order valence-electron chi connectivity index (χ2n) is 3.61. The van der Waals surface area contributed by atoms with Gasteiger partial charge in [-0.2, -0.15) is 0 Å². The minimum atomic E-state index is 0.442. The largest absolute Gasteiger partial charge is 0.376 e. The van der Waals surface area contributed by atoms with Gasteiger partial charge < -0.3 is 4.74 Å². The predicted octanol–water partition coefficient (Wildman–Crippen LogP) is 3.88. The van der Waals surface area contributed by atoms with Crippen LogP contribution in [0.3, 0.4) is 0 Å². The van der Waals surface area contributed by atoms with Gasteiger partial charge in [0.25, 0.3) is 0 Å². The zero-order valence-corrected chi connectivity index (χ0v) is 11.1. The fourth-order valence-corrected chi connectivity index (χ4v) is 2.72. The second kappa shape index (κ2) is 7.24. The minimum Gasteiger partial charge on any atom is -0.376 e. The van der Waals surface area contributed by atoms with Crippen LogP contribution in [-0.4, -0.2) is 22.9 Å². The van der Waals surface area contributed by atoms with Gasteiger partial charge in [0.1, 0.15) is 0 Å². The van der Waals surface area contributed by atoms with Crippen molar-refractivity contribution in [1.29, 1.82) is 0 Å². The molecule has 1 rings (SSSR count). The third-order valence-corrected chi connectivity index (χ3v) is 3.90. The first-order chi connectivity index (χ1) is 6.34. The Balaban J connectivity index is 2.28. The molecule has 0 amide bonds. The van der Waals surface area contributed by atoms with Gasteiger partial charge in [0, 0.05) is 10.2 Å². The molecule has 1 fully saturated rings. The van der Waals surface area contributed by atoms with Crippen LogP contribution in [0.4, 0.5) is 0 Å². The van der Waals surface area contributed by atoms with E-state index in [0.29, 0.717) is 10.9 Å². The highest BCUT2D eigenvalue weighted by Crippen LogP contribution is 2.25. The van der Waals surface area contributed by atoms with Crippen molar-refractivity contribution in [2.45, 2.75) is 49.5 Å². The molecule has 0 radical (unpaired) electrons. The van der Waals surface area contributed by atoms with Crippen molar-refractivity contribution in [1.82, 2.24) is 0 Å². The molecule has 1 aliphatic rings. The molecule has 0 heterocycles. The van der Waals surface area contributed by atoms with E-state index in [0.717, 1.165) is 11.9 Å². The van der Waals surface area contributed by atoms with Crippen LogP contribution in [0.1, 0.15) is 38.5 Å². The number of rotatable bonds is 3. The molecule has 0 aromatic rings. The molecule has 2 atom stereocenters. The molecule has 1 saturated carbocycles. The second-order valence-corrected chi connectivity index (χ2v) is 5.57. The molecule has 78 valence electrons. The number of ether oxygens (including phenoxy) is 1. The van der Waals surface area contributed by atoms with Gasteiger partial charge in [-0.05, 0) is 12.8 Å². The fraction of sp³-hybridized carbons (Fsp3) is 1.00. The van der Waals surface area contributed by atoms with E-state index >= 15 is 0 Å². The molecule has 3 heteroatoms. The topological polar surface area (TPSA) is 9.23 Å². The Hall–Kier alpha value is 0.920. The van der Waals surface area contributed by atoms with Crippen molar-refractivity contribution in [3.8, 4) is 0 Å². The van der Waals surface area contributed by atoms with Crippen LogP contribution in [0.15, 0.2) is 0 Å². The van der Waals surface area contributed by atoms with E-state index in [1.807, 2.05) is 0 Å². The summed E-state index contributed by atoms with van der Waals surface area (Å²) in [6.07, 6.45) is 8.40. The van der Waals surface area contributed by atoms with Gasteiger partial charge in [-0.3, -0.25) is 0 Å². The first kappa shape index (κ1) is 12.0. The van der Waals surface area contributed by atoms with E-state index in [2.05, 4.69) is 31.9 Å². The SMILES string of the molecule is BrCCO[C@@H]1CCCCCC[C@H]1Br. The number of hydrogen-bond acceptors (Lipinski definition) is 1. The fourth-order valence-electron chi connectivity index (χ4n) is 1.79. The number of halogens is 2. The molecule has 0 aromatic carbocycles. The molecule has 13 heavy (non-hydrogen) atoms. The zero-order valence-electron chi connectivity index (χ0n) is 7.98. The predicted molar refractivity (Wildman–Crippen MR) is 64.0 cm³/mol. The summed E-state index contributed by atoms with van der Waals surface area (Å²) in [6, 6.07) is 0. The standard InChI is InChI=1S/C10H18Br2O/c11-7-8-13-10-6-4-2-1-3-5-9(10)12/h9-10H,1-8H2/t9-,10-/m1/s1.